The Morgan fingerprint density at radius 3 is 3.00 bits per heavy atom. The molecule has 0 aromatic carbocycles. The first kappa shape index (κ1) is 8.92. The van der Waals surface area contributed by atoms with Crippen molar-refractivity contribution in [2.24, 2.45) is 0 Å². The molecule has 1 aromatic rings. The first-order valence-electron chi connectivity index (χ1n) is 3.43. The van der Waals surface area contributed by atoms with Crippen LogP contribution < -0.4 is 10.1 Å². The summed E-state index contributed by atoms with van der Waals surface area (Å²) in [5.74, 6) is -0.0752. The standard InChI is InChI=1S/C6H9N3O2S/c1-3-4(10)7-6-8-5(11-2)9-12-6/h3H2,1-2H3,(H,7,8,9,10). The number of carbonyl (C=O) groups is 1. The van der Waals surface area contributed by atoms with Crippen LogP contribution in [0, 0.1) is 0 Å². The van der Waals surface area contributed by atoms with Crippen molar-refractivity contribution in [3.8, 4) is 6.01 Å². The average Bonchev–Trinajstić information content (AvgIpc) is 2.52. The SMILES string of the molecule is CCC(=O)Nc1nc(OC)ns1. The number of amides is 1. The van der Waals surface area contributed by atoms with Gasteiger partial charge in [-0.1, -0.05) is 6.92 Å². The van der Waals surface area contributed by atoms with Gasteiger partial charge in [0.15, 0.2) is 0 Å². The van der Waals surface area contributed by atoms with E-state index in [2.05, 4.69) is 14.7 Å². The van der Waals surface area contributed by atoms with Crippen LogP contribution in [0.25, 0.3) is 0 Å². The largest absolute Gasteiger partial charge is 0.466 e. The van der Waals surface area contributed by atoms with E-state index < -0.39 is 0 Å². The third-order valence-corrected chi connectivity index (χ3v) is 1.77. The summed E-state index contributed by atoms with van der Waals surface area (Å²) in [4.78, 5) is 14.7. The predicted molar refractivity (Wildman–Crippen MR) is 45.4 cm³/mol. The number of anilines is 1. The zero-order chi connectivity index (χ0) is 8.97. The Morgan fingerprint density at radius 2 is 2.50 bits per heavy atom. The van der Waals surface area contributed by atoms with E-state index in [0.717, 1.165) is 11.5 Å². The molecule has 0 radical (unpaired) electrons. The fraction of sp³-hybridized carbons (Fsp3) is 0.500. The number of nitrogens with zero attached hydrogens (tertiary/aromatic N) is 2. The van der Waals surface area contributed by atoms with Crippen molar-refractivity contribution in [1.29, 1.82) is 0 Å². The smallest absolute Gasteiger partial charge is 0.329 e. The van der Waals surface area contributed by atoms with Crippen LogP contribution in [0.5, 0.6) is 6.01 Å². The van der Waals surface area contributed by atoms with Crippen molar-refractivity contribution in [2.75, 3.05) is 12.4 Å². The van der Waals surface area contributed by atoms with Crippen LogP contribution in [0.15, 0.2) is 0 Å². The number of carbonyl (C=O) groups excluding carboxylic acids is 1. The van der Waals surface area contributed by atoms with Crippen molar-refractivity contribution in [2.45, 2.75) is 13.3 Å². The van der Waals surface area contributed by atoms with Gasteiger partial charge >= 0.3 is 6.01 Å². The van der Waals surface area contributed by atoms with E-state index in [1.54, 1.807) is 6.92 Å². The molecule has 0 saturated heterocycles. The Bertz CT molecular complexity index is 274. The van der Waals surface area contributed by atoms with Gasteiger partial charge in [-0.15, -0.1) is 4.37 Å². The van der Waals surface area contributed by atoms with Crippen molar-refractivity contribution in [3.63, 3.8) is 0 Å². The van der Waals surface area contributed by atoms with Crippen LogP contribution in [0.2, 0.25) is 0 Å². The minimum Gasteiger partial charge on any atom is -0.466 e. The fourth-order valence-electron chi connectivity index (χ4n) is 0.551. The molecule has 0 atom stereocenters. The highest BCUT2D eigenvalue weighted by atomic mass is 32.1. The molecule has 0 spiro atoms. The molecule has 5 nitrogen and oxygen atoms in total. The molecule has 12 heavy (non-hydrogen) atoms. The highest BCUT2D eigenvalue weighted by Gasteiger charge is 2.05. The molecule has 0 aliphatic heterocycles. The third kappa shape index (κ3) is 2.16. The number of hydrogen-bond acceptors (Lipinski definition) is 5. The minimum atomic E-state index is -0.0752. The third-order valence-electron chi connectivity index (χ3n) is 1.16. The van der Waals surface area contributed by atoms with Gasteiger partial charge in [-0.05, 0) is 0 Å². The lowest BCUT2D eigenvalue weighted by Gasteiger charge is -1.94. The number of ether oxygens (including phenoxy) is 1. The Hall–Kier alpha value is -1.17. The zero-order valence-electron chi connectivity index (χ0n) is 6.83. The van der Waals surface area contributed by atoms with E-state index in [1.807, 2.05) is 0 Å². The van der Waals surface area contributed by atoms with E-state index in [-0.39, 0.29) is 11.9 Å². The monoisotopic (exact) mass is 187 g/mol. The second-order valence-corrected chi connectivity index (χ2v) is 2.74. The fourth-order valence-corrected chi connectivity index (χ4v) is 1.11. The molecule has 1 heterocycles. The molecule has 0 aliphatic rings. The normalized spacial score (nSPS) is 9.50. The highest BCUT2D eigenvalue weighted by molar-refractivity contribution is 7.10. The Kier molecular flexibility index (Phi) is 2.98. The van der Waals surface area contributed by atoms with Crippen molar-refractivity contribution in [1.82, 2.24) is 9.36 Å². The number of aromatic nitrogens is 2. The summed E-state index contributed by atoms with van der Waals surface area (Å²) >= 11 is 1.10. The van der Waals surface area contributed by atoms with E-state index >= 15 is 0 Å². The van der Waals surface area contributed by atoms with Crippen LogP contribution in [0.4, 0.5) is 5.13 Å². The Morgan fingerprint density at radius 1 is 1.75 bits per heavy atom. The molecule has 0 unspecified atom stereocenters. The quantitative estimate of drug-likeness (QED) is 0.763. The lowest BCUT2D eigenvalue weighted by Crippen LogP contribution is -2.08. The minimum absolute atomic E-state index is 0.0752. The van der Waals surface area contributed by atoms with Gasteiger partial charge in [0.05, 0.1) is 7.11 Å². The Balaban J connectivity index is 2.58. The number of nitrogens with one attached hydrogen (secondary N) is 1. The van der Waals surface area contributed by atoms with Crippen molar-refractivity contribution < 1.29 is 9.53 Å². The van der Waals surface area contributed by atoms with Crippen molar-refractivity contribution >= 4 is 22.6 Å². The first-order chi connectivity index (χ1) is 5.76. The number of hydrogen-bond donors (Lipinski definition) is 1. The van der Waals surface area contributed by atoms with Gasteiger partial charge in [0.1, 0.15) is 0 Å². The van der Waals surface area contributed by atoms with Gasteiger partial charge in [0, 0.05) is 18.0 Å². The molecule has 1 rings (SSSR count). The Labute approximate surface area is 73.9 Å². The van der Waals surface area contributed by atoms with Gasteiger partial charge in [0.2, 0.25) is 11.0 Å². The predicted octanol–water partition coefficient (Wildman–Crippen LogP) is 0.895. The van der Waals surface area contributed by atoms with Gasteiger partial charge in [-0.2, -0.15) is 4.98 Å². The highest BCUT2D eigenvalue weighted by Crippen LogP contribution is 2.15. The first-order valence-corrected chi connectivity index (χ1v) is 4.21. The molecule has 6 heteroatoms. The molecule has 0 saturated carbocycles. The summed E-state index contributed by atoms with van der Waals surface area (Å²) in [6.07, 6.45) is 0.432. The molecule has 0 bridgehead atoms. The lowest BCUT2D eigenvalue weighted by atomic mass is 10.5. The maximum absolute atomic E-state index is 10.9. The molecule has 66 valence electrons. The summed E-state index contributed by atoms with van der Waals surface area (Å²) in [5.41, 5.74) is 0. The lowest BCUT2D eigenvalue weighted by molar-refractivity contribution is -0.115. The second kappa shape index (κ2) is 4.01. The molecule has 1 N–H and O–H groups in total. The molecular weight excluding hydrogens is 178 g/mol. The van der Waals surface area contributed by atoms with Gasteiger partial charge in [-0.25, -0.2) is 0 Å². The maximum Gasteiger partial charge on any atom is 0.329 e. The number of methoxy groups -OCH3 is 1. The summed E-state index contributed by atoms with van der Waals surface area (Å²) in [6, 6.07) is 0.284. The summed E-state index contributed by atoms with van der Waals surface area (Å²) in [6.45, 7) is 1.77. The van der Waals surface area contributed by atoms with E-state index in [9.17, 15) is 4.79 Å². The summed E-state index contributed by atoms with van der Waals surface area (Å²) in [5, 5.41) is 3.04. The number of rotatable bonds is 3. The van der Waals surface area contributed by atoms with Gasteiger partial charge < -0.3 is 10.1 Å². The van der Waals surface area contributed by atoms with Crippen LogP contribution in [0.1, 0.15) is 13.3 Å². The van der Waals surface area contributed by atoms with Crippen LogP contribution in [-0.2, 0) is 4.79 Å². The van der Waals surface area contributed by atoms with Crippen LogP contribution in [0.3, 0.4) is 0 Å². The van der Waals surface area contributed by atoms with Crippen LogP contribution in [-0.4, -0.2) is 22.4 Å². The molecular formula is C6H9N3O2S. The summed E-state index contributed by atoms with van der Waals surface area (Å²) in [7, 11) is 1.48. The topological polar surface area (TPSA) is 64.1 Å². The molecule has 0 aliphatic carbocycles. The van der Waals surface area contributed by atoms with E-state index in [4.69, 9.17) is 4.74 Å². The second-order valence-electron chi connectivity index (χ2n) is 1.99. The van der Waals surface area contributed by atoms with E-state index in [1.165, 1.54) is 7.11 Å². The van der Waals surface area contributed by atoms with Crippen LogP contribution >= 0.6 is 11.5 Å². The summed E-state index contributed by atoms with van der Waals surface area (Å²) < 4.78 is 8.56. The van der Waals surface area contributed by atoms with Crippen molar-refractivity contribution in [3.05, 3.63) is 0 Å². The molecule has 0 fully saturated rings. The maximum atomic E-state index is 10.9. The molecule has 1 amide bonds. The van der Waals surface area contributed by atoms with Gasteiger partial charge in [-0.3, -0.25) is 4.79 Å². The average molecular weight is 187 g/mol. The zero-order valence-corrected chi connectivity index (χ0v) is 7.64. The molecule has 1 aromatic heterocycles. The van der Waals surface area contributed by atoms with E-state index in [0.29, 0.717) is 11.6 Å². The van der Waals surface area contributed by atoms with Gasteiger partial charge in [0.25, 0.3) is 0 Å².